The number of hydrogen-bond acceptors (Lipinski definition) is 2. The molecule has 3 aromatic rings. The Morgan fingerprint density at radius 2 is 1.71 bits per heavy atom. The predicted octanol–water partition coefficient (Wildman–Crippen LogP) is 3.08. The molecular weight excluding hydrogens is 304 g/mol. The van der Waals surface area contributed by atoms with E-state index in [0.29, 0.717) is 5.69 Å². The van der Waals surface area contributed by atoms with Crippen molar-refractivity contribution in [2.45, 2.75) is 13.3 Å². The average molecular weight is 324 g/mol. The molecule has 6 nitrogen and oxygen atoms in total. The molecule has 2 amide bonds. The Labute approximate surface area is 139 Å². The van der Waals surface area contributed by atoms with Crippen LogP contribution in [0.3, 0.4) is 0 Å². The van der Waals surface area contributed by atoms with Gasteiger partial charge in [-0.05, 0) is 36.2 Å². The maximum absolute atomic E-state index is 12.2. The van der Waals surface area contributed by atoms with Gasteiger partial charge in [-0.3, -0.25) is 9.13 Å². The highest BCUT2D eigenvalue weighted by molar-refractivity contribution is 6.01. The zero-order chi connectivity index (χ0) is 17.3. The fourth-order valence-corrected chi connectivity index (χ4v) is 2.82. The zero-order valence-corrected chi connectivity index (χ0v) is 14.0. The molecule has 0 unspecified atom stereocenters. The first-order valence-corrected chi connectivity index (χ1v) is 7.82. The zero-order valence-electron chi connectivity index (χ0n) is 14.0. The predicted molar refractivity (Wildman–Crippen MR) is 96.6 cm³/mol. The Morgan fingerprint density at radius 3 is 2.46 bits per heavy atom. The molecular formula is C18H20N4O2. The maximum Gasteiger partial charge on any atom is 0.328 e. The van der Waals surface area contributed by atoms with Crippen LogP contribution in [0.2, 0.25) is 0 Å². The van der Waals surface area contributed by atoms with Crippen molar-refractivity contribution in [1.29, 1.82) is 0 Å². The second-order valence-corrected chi connectivity index (χ2v) is 5.69. The molecule has 0 fully saturated rings. The lowest BCUT2D eigenvalue weighted by Crippen LogP contribution is -2.20. The summed E-state index contributed by atoms with van der Waals surface area (Å²) in [6, 6.07) is 12.8. The summed E-state index contributed by atoms with van der Waals surface area (Å²) in [6.45, 7) is 2.04. The van der Waals surface area contributed by atoms with Gasteiger partial charge in [0.05, 0.1) is 11.0 Å². The van der Waals surface area contributed by atoms with Gasteiger partial charge in [0.2, 0.25) is 0 Å². The summed E-state index contributed by atoms with van der Waals surface area (Å²) in [5.74, 6) is 0. The molecule has 24 heavy (non-hydrogen) atoms. The second-order valence-electron chi connectivity index (χ2n) is 5.69. The Kier molecular flexibility index (Phi) is 4.12. The van der Waals surface area contributed by atoms with E-state index in [-0.39, 0.29) is 11.7 Å². The van der Waals surface area contributed by atoms with E-state index in [1.165, 1.54) is 0 Å². The van der Waals surface area contributed by atoms with E-state index in [1.807, 2.05) is 37.3 Å². The maximum atomic E-state index is 12.2. The van der Waals surface area contributed by atoms with Gasteiger partial charge in [-0.15, -0.1) is 0 Å². The number of para-hydroxylation sites is 1. The highest BCUT2D eigenvalue weighted by atomic mass is 16.2. The fourth-order valence-electron chi connectivity index (χ4n) is 2.82. The monoisotopic (exact) mass is 324 g/mol. The second kappa shape index (κ2) is 6.23. The van der Waals surface area contributed by atoms with Crippen LogP contribution in [-0.2, 0) is 20.5 Å². The van der Waals surface area contributed by atoms with Gasteiger partial charge in [-0.2, -0.15) is 0 Å². The van der Waals surface area contributed by atoms with Crippen molar-refractivity contribution in [1.82, 2.24) is 9.13 Å². The molecule has 0 atom stereocenters. The topological polar surface area (TPSA) is 68.1 Å². The third-order valence-electron chi connectivity index (χ3n) is 4.18. The molecule has 0 saturated heterocycles. The van der Waals surface area contributed by atoms with E-state index < -0.39 is 0 Å². The number of carbonyl (C=O) groups excluding carboxylic acids is 1. The summed E-state index contributed by atoms with van der Waals surface area (Å²) in [5, 5.41) is 5.68. The lowest BCUT2D eigenvalue weighted by Gasteiger charge is -2.11. The molecule has 6 heteroatoms. The minimum Gasteiger partial charge on any atom is -0.308 e. The molecule has 0 radical (unpaired) electrons. The number of amides is 2. The Morgan fingerprint density at radius 1 is 1.00 bits per heavy atom. The van der Waals surface area contributed by atoms with Crippen LogP contribution in [0.15, 0.2) is 47.3 Å². The minimum atomic E-state index is -0.309. The lowest BCUT2D eigenvalue weighted by atomic mass is 10.1. The molecule has 0 spiro atoms. The van der Waals surface area contributed by atoms with E-state index in [0.717, 1.165) is 28.7 Å². The molecule has 0 saturated carbocycles. The van der Waals surface area contributed by atoms with Crippen molar-refractivity contribution in [3.05, 3.63) is 58.5 Å². The summed E-state index contributed by atoms with van der Waals surface area (Å²) in [7, 11) is 3.44. The van der Waals surface area contributed by atoms with Gasteiger partial charge in [-0.25, -0.2) is 9.59 Å². The van der Waals surface area contributed by atoms with Crippen molar-refractivity contribution in [3.8, 4) is 0 Å². The van der Waals surface area contributed by atoms with Gasteiger partial charge in [0, 0.05) is 25.5 Å². The molecule has 0 aliphatic rings. The van der Waals surface area contributed by atoms with Crippen molar-refractivity contribution >= 4 is 28.4 Å². The van der Waals surface area contributed by atoms with Gasteiger partial charge in [0.15, 0.2) is 0 Å². The number of fused-ring (bicyclic) bond motifs is 1. The SMILES string of the molecule is CCc1ccccc1NC(=O)Nc1ccc2c(c1)n(C)c(=O)n2C. The largest absolute Gasteiger partial charge is 0.328 e. The summed E-state index contributed by atoms with van der Waals surface area (Å²) in [5.41, 5.74) is 4.01. The molecule has 1 heterocycles. The van der Waals surface area contributed by atoms with E-state index >= 15 is 0 Å². The molecule has 3 rings (SSSR count). The number of anilines is 2. The van der Waals surface area contributed by atoms with E-state index in [1.54, 1.807) is 35.4 Å². The third kappa shape index (κ3) is 2.78. The number of aromatic nitrogens is 2. The number of aryl methyl sites for hydroxylation is 3. The minimum absolute atomic E-state index is 0.0940. The number of nitrogens with zero attached hydrogens (tertiary/aromatic N) is 2. The van der Waals surface area contributed by atoms with Crippen LogP contribution in [-0.4, -0.2) is 15.2 Å². The highest BCUT2D eigenvalue weighted by Gasteiger charge is 2.10. The molecule has 0 aliphatic heterocycles. The number of imidazole rings is 1. The molecule has 0 aliphatic carbocycles. The lowest BCUT2D eigenvalue weighted by molar-refractivity contribution is 0.262. The standard InChI is InChI=1S/C18H20N4O2/c1-4-12-7-5-6-8-14(12)20-17(23)19-13-9-10-15-16(11-13)22(3)18(24)21(15)2/h5-11H,4H2,1-3H3,(H2,19,20,23). The summed E-state index contributed by atoms with van der Waals surface area (Å²) in [4.78, 5) is 24.2. The summed E-state index contributed by atoms with van der Waals surface area (Å²) in [6.07, 6.45) is 0.842. The van der Waals surface area contributed by atoms with Gasteiger partial charge in [0.25, 0.3) is 0 Å². The number of hydrogen-bond donors (Lipinski definition) is 2. The van der Waals surface area contributed by atoms with Gasteiger partial charge in [0.1, 0.15) is 0 Å². The molecule has 2 N–H and O–H groups in total. The first-order valence-electron chi connectivity index (χ1n) is 7.82. The average Bonchev–Trinajstić information content (AvgIpc) is 2.79. The van der Waals surface area contributed by atoms with E-state index in [4.69, 9.17) is 0 Å². The van der Waals surface area contributed by atoms with Gasteiger partial charge < -0.3 is 10.6 Å². The molecule has 0 bridgehead atoms. The van der Waals surface area contributed by atoms with E-state index in [9.17, 15) is 9.59 Å². The smallest absolute Gasteiger partial charge is 0.308 e. The normalized spacial score (nSPS) is 10.8. The van der Waals surface area contributed by atoms with Crippen LogP contribution >= 0.6 is 0 Å². The highest BCUT2D eigenvalue weighted by Crippen LogP contribution is 2.19. The van der Waals surface area contributed by atoms with Crippen molar-refractivity contribution < 1.29 is 4.79 Å². The number of carbonyl (C=O) groups is 1. The fraction of sp³-hybridized carbons (Fsp3) is 0.222. The Hall–Kier alpha value is -3.02. The van der Waals surface area contributed by atoms with Crippen LogP contribution in [0, 0.1) is 0 Å². The van der Waals surface area contributed by atoms with Crippen molar-refractivity contribution in [3.63, 3.8) is 0 Å². The van der Waals surface area contributed by atoms with Crippen LogP contribution in [0.5, 0.6) is 0 Å². The van der Waals surface area contributed by atoms with Crippen LogP contribution in [0.1, 0.15) is 12.5 Å². The number of urea groups is 1. The molecule has 124 valence electrons. The first-order chi connectivity index (χ1) is 11.5. The number of rotatable bonds is 3. The summed E-state index contributed by atoms with van der Waals surface area (Å²) >= 11 is 0. The number of nitrogens with one attached hydrogen (secondary N) is 2. The molecule has 2 aromatic carbocycles. The van der Waals surface area contributed by atoms with Crippen molar-refractivity contribution in [2.75, 3.05) is 10.6 Å². The van der Waals surface area contributed by atoms with Crippen LogP contribution in [0.4, 0.5) is 16.2 Å². The summed E-state index contributed by atoms with van der Waals surface area (Å²) < 4.78 is 3.14. The van der Waals surface area contributed by atoms with Crippen LogP contribution in [0.25, 0.3) is 11.0 Å². The van der Waals surface area contributed by atoms with E-state index in [2.05, 4.69) is 10.6 Å². The first kappa shape index (κ1) is 15.9. The third-order valence-corrected chi connectivity index (χ3v) is 4.18. The Bertz CT molecular complexity index is 969. The number of benzene rings is 2. The van der Waals surface area contributed by atoms with Crippen LogP contribution < -0.4 is 16.3 Å². The quantitative estimate of drug-likeness (QED) is 0.777. The molecule has 1 aromatic heterocycles. The Balaban J connectivity index is 1.83. The van der Waals surface area contributed by atoms with Gasteiger partial charge >= 0.3 is 11.7 Å². The van der Waals surface area contributed by atoms with Crippen molar-refractivity contribution in [2.24, 2.45) is 14.1 Å². The van der Waals surface area contributed by atoms with Gasteiger partial charge in [-0.1, -0.05) is 25.1 Å².